The van der Waals surface area contributed by atoms with Crippen LogP contribution in [0.15, 0.2) is 29.4 Å². The lowest BCUT2D eigenvalue weighted by atomic mass is 10.1. The largest absolute Gasteiger partial charge is 0.361 e. The summed E-state index contributed by atoms with van der Waals surface area (Å²) in [5, 5.41) is 7.62. The molecule has 0 aliphatic heterocycles. The van der Waals surface area contributed by atoms with E-state index in [1.807, 2.05) is 12.3 Å². The zero-order chi connectivity index (χ0) is 15.1. The summed E-state index contributed by atoms with van der Waals surface area (Å²) in [6.45, 7) is 6.62. The molecule has 22 heavy (non-hydrogen) atoms. The van der Waals surface area contributed by atoms with Gasteiger partial charge in [0.05, 0.1) is 0 Å². The van der Waals surface area contributed by atoms with Gasteiger partial charge in [0.2, 0.25) is 0 Å². The molecular weight excluding hydrogens is 394 g/mol. The smallest absolute Gasteiger partial charge is 0.191 e. The van der Waals surface area contributed by atoms with Crippen LogP contribution in [0, 0.1) is 5.82 Å². The maximum atomic E-state index is 13.2. The summed E-state index contributed by atoms with van der Waals surface area (Å²) in [6.07, 6.45) is 3.84. The standard InChI is InChI=1S/C16H23FN4.HI/c1-3-8-19-16(18-4-2)20-9-7-12-11-21-15-10-13(17)5-6-14(12)15;/h5-6,10-11,21H,3-4,7-9H2,1-2H3,(H2,18,19,20);1H. The highest BCUT2D eigenvalue weighted by Gasteiger charge is 2.05. The minimum absolute atomic E-state index is 0. The zero-order valence-electron chi connectivity index (χ0n) is 13.1. The van der Waals surface area contributed by atoms with Gasteiger partial charge in [-0.1, -0.05) is 6.92 Å². The van der Waals surface area contributed by atoms with Crippen LogP contribution >= 0.6 is 24.0 Å². The summed E-state index contributed by atoms with van der Waals surface area (Å²) in [7, 11) is 0. The van der Waals surface area contributed by atoms with Gasteiger partial charge in [-0.05, 0) is 43.5 Å². The number of hydrogen-bond donors (Lipinski definition) is 3. The summed E-state index contributed by atoms with van der Waals surface area (Å²) < 4.78 is 13.2. The second-order valence-electron chi connectivity index (χ2n) is 4.94. The van der Waals surface area contributed by atoms with E-state index in [0.717, 1.165) is 49.3 Å². The number of guanidine groups is 1. The Morgan fingerprint density at radius 3 is 2.82 bits per heavy atom. The summed E-state index contributed by atoms with van der Waals surface area (Å²) >= 11 is 0. The normalized spacial score (nSPS) is 11.3. The maximum absolute atomic E-state index is 13.2. The second kappa shape index (κ2) is 9.66. The van der Waals surface area contributed by atoms with Crippen LogP contribution in [0.3, 0.4) is 0 Å². The molecule has 0 saturated heterocycles. The van der Waals surface area contributed by atoms with Crippen molar-refractivity contribution in [2.45, 2.75) is 26.7 Å². The molecule has 122 valence electrons. The van der Waals surface area contributed by atoms with Crippen LogP contribution in [0.2, 0.25) is 0 Å². The van der Waals surface area contributed by atoms with Gasteiger partial charge in [-0.15, -0.1) is 24.0 Å². The molecule has 3 N–H and O–H groups in total. The Kier molecular flexibility index (Phi) is 8.22. The lowest BCUT2D eigenvalue weighted by molar-refractivity contribution is 0.629. The van der Waals surface area contributed by atoms with Gasteiger partial charge in [-0.25, -0.2) is 4.39 Å². The second-order valence-corrected chi connectivity index (χ2v) is 4.94. The van der Waals surface area contributed by atoms with Gasteiger partial charge in [0.15, 0.2) is 5.96 Å². The highest BCUT2D eigenvalue weighted by Crippen LogP contribution is 2.19. The van der Waals surface area contributed by atoms with Gasteiger partial charge < -0.3 is 15.6 Å². The third kappa shape index (κ3) is 5.15. The van der Waals surface area contributed by atoms with Crippen molar-refractivity contribution < 1.29 is 4.39 Å². The molecule has 2 rings (SSSR count). The van der Waals surface area contributed by atoms with Gasteiger partial charge in [0, 0.05) is 36.7 Å². The Labute approximate surface area is 148 Å². The Hall–Kier alpha value is -1.31. The van der Waals surface area contributed by atoms with Gasteiger partial charge in [0.25, 0.3) is 0 Å². The SMILES string of the molecule is CCCN=C(NCC)NCCc1c[nH]c2cc(F)ccc12.I. The number of fused-ring (bicyclic) bond motifs is 1. The first-order valence-corrected chi connectivity index (χ1v) is 7.52. The van der Waals surface area contributed by atoms with E-state index < -0.39 is 0 Å². The lowest BCUT2D eigenvalue weighted by Gasteiger charge is -2.10. The van der Waals surface area contributed by atoms with Crippen molar-refractivity contribution in [3.8, 4) is 0 Å². The van der Waals surface area contributed by atoms with Crippen LogP contribution in [0.5, 0.6) is 0 Å². The van der Waals surface area contributed by atoms with Crippen LogP contribution in [-0.2, 0) is 6.42 Å². The summed E-state index contributed by atoms with van der Waals surface area (Å²) in [4.78, 5) is 7.57. The number of rotatable bonds is 6. The quantitative estimate of drug-likeness (QED) is 0.383. The molecule has 4 nitrogen and oxygen atoms in total. The van der Waals surface area contributed by atoms with Crippen LogP contribution in [0.4, 0.5) is 4.39 Å². The highest BCUT2D eigenvalue weighted by atomic mass is 127. The number of nitrogens with one attached hydrogen (secondary N) is 3. The Bertz CT molecular complexity index is 609. The third-order valence-electron chi connectivity index (χ3n) is 3.25. The molecule has 2 aromatic rings. The molecule has 1 aromatic carbocycles. The van der Waals surface area contributed by atoms with E-state index in [9.17, 15) is 4.39 Å². The van der Waals surface area contributed by atoms with E-state index in [1.165, 1.54) is 17.7 Å². The molecule has 0 spiro atoms. The first kappa shape index (κ1) is 18.7. The van der Waals surface area contributed by atoms with Crippen molar-refractivity contribution in [2.24, 2.45) is 4.99 Å². The molecule has 1 aromatic heterocycles. The zero-order valence-corrected chi connectivity index (χ0v) is 15.4. The van der Waals surface area contributed by atoms with Crippen molar-refractivity contribution >= 4 is 40.8 Å². The molecule has 0 saturated carbocycles. The number of H-pyrrole nitrogens is 1. The fraction of sp³-hybridized carbons (Fsp3) is 0.438. The maximum Gasteiger partial charge on any atom is 0.191 e. The Morgan fingerprint density at radius 1 is 1.27 bits per heavy atom. The van der Waals surface area contributed by atoms with E-state index in [-0.39, 0.29) is 29.8 Å². The van der Waals surface area contributed by atoms with Crippen molar-refractivity contribution in [2.75, 3.05) is 19.6 Å². The molecule has 0 bridgehead atoms. The summed E-state index contributed by atoms with van der Waals surface area (Å²) in [5.74, 6) is 0.639. The Morgan fingerprint density at radius 2 is 2.09 bits per heavy atom. The molecule has 0 unspecified atom stereocenters. The van der Waals surface area contributed by atoms with Gasteiger partial charge in [0.1, 0.15) is 5.82 Å². The van der Waals surface area contributed by atoms with Gasteiger partial charge >= 0.3 is 0 Å². The van der Waals surface area contributed by atoms with Crippen molar-refractivity contribution in [1.82, 2.24) is 15.6 Å². The molecule has 6 heteroatoms. The number of nitrogens with zero attached hydrogens (tertiary/aromatic N) is 1. The average molecular weight is 418 g/mol. The fourth-order valence-electron chi connectivity index (χ4n) is 2.25. The first-order valence-electron chi connectivity index (χ1n) is 7.52. The van der Waals surface area contributed by atoms with Crippen LogP contribution < -0.4 is 10.6 Å². The molecular formula is C16H24FIN4. The molecule has 0 atom stereocenters. The topological polar surface area (TPSA) is 52.2 Å². The number of aromatic amines is 1. The average Bonchev–Trinajstić information content (AvgIpc) is 2.87. The van der Waals surface area contributed by atoms with Gasteiger partial charge in [-0.3, -0.25) is 4.99 Å². The van der Waals surface area contributed by atoms with Crippen LogP contribution in [0.25, 0.3) is 10.9 Å². The highest BCUT2D eigenvalue weighted by molar-refractivity contribution is 14.0. The van der Waals surface area contributed by atoms with E-state index >= 15 is 0 Å². The fourth-order valence-corrected chi connectivity index (χ4v) is 2.25. The number of benzene rings is 1. The van der Waals surface area contributed by atoms with E-state index in [1.54, 1.807) is 0 Å². The molecule has 1 heterocycles. The van der Waals surface area contributed by atoms with Crippen LogP contribution in [-0.4, -0.2) is 30.6 Å². The van der Waals surface area contributed by atoms with Crippen molar-refractivity contribution in [3.63, 3.8) is 0 Å². The molecule has 0 radical (unpaired) electrons. The van der Waals surface area contributed by atoms with E-state index in [0.29, 0.717) is 0 Å². The minimum Gasteiger partial charge on any atom is -0.361 e. The monoisotopic (exact) mass is 418 g/mol. The predicted octanol–water partition coefficient (Wildman–Crippen LogP) is 3.43. The molecule has 0 fully saturated rings. The lowest BCUT2D eigenvalue weighted by Crippen LogP contribution is -2.38. The van der Waals surface area contributed by atoms with E-state index in [4.69, 9.17) is 0 Å². The number of halogens is 2. The number of hydrogen-bond acceptors (Lipinski definition) is 1. The summed E-state index contributed by atoms with van der Waals surface area (Å²) in [5.41, 5.74) is 2.03. The third-order valence-corrected chi connectivity index (χ3v) is 3.25. The first-order chi connectivity index (χ1) is 10.2. The van der Waals surface area contributed by atoms with E-state index in [2.05, 4.69) is 34.5 Å². The number of aromatic nitrogens is 1. The van der Waals surface area contributed by atoms with Gasteiger partial charge in [-0.2, -0.15) is 0 Å². The molecule has 0 amide bonds. The Balaban J connectivity index is 0.00000242. The predicted molar refractivity (Wildman–Crippen MR) is 102 cm³/mol. The van der Waals surface area contributed by atoms with Crippen molar-refractivity contribution in [3.05, 3.63) is 35.8 Å². The minimum atomic E-state index is -0.213. The molecule has 0 aliphatic carbocycles. The van der Waals surface area contributed by atoms with Crippen LogP contribution in [0.1, 0.15) is 25.8 Å². The molecule has 0 aliphatic rings. The van der Waals surface area contributed by atoms with Crippen molar-refractivity contribution in [1.29, 1.82) is 0 Å². The number of aliphatic imine (C=N–C) groups is 1. The summed E-state index contributed by atoms with van der Waals surface area (Å²) in [6, 6.07) is 4.85.